The van der Waals surface area contributed by atoms with Crippen LogP contribution in [0.3, 0.4) is 0 Å². The Morgan fingerprint density at radius 2 is 2.00 bits per heavy atom. The van der Waals surface area contributed by atoms with Gasteiger partial charge < -0.3 is 20.7 Å². The molecule has 3 N–H and O–H groups in total. The summed E-state index contributed by atoms with van der Waals surface area (Å²) in [4.78, 5) is 27.6. The lowest BCUT2D eigenvalue weighted by Crippen LogP contribution is -2.35. The van der Waals surface area contributed by atoms with Crippen molar-refractivity contribution >= 4 is 28.8 Å². The maximum atomic E-state index is 12.4. The number of ether oxygens (including phenoxy) is 1. The normalized spacial score (nSPS) is 13.2. The second-order valence-corrected chi connectivity index (χ2v) is 7.14. The largest absolute Gasteiger partial charge is 0.492 e. The van der Waals surface area contributed by atoms with Crippen molar-refractivity contribution in [1.82, 2.24) is 4.90 Å². The average Bonchev–Trinajstić information content (AvgIpc) is 3.13. The smallest absolute Gasteiger partial charge is 0.224 e. The molecule has 0 bridgehead atoms. The Morgan fingerprint density at radius 1 is 1.19 bits per heavy atom. The second kappa shape index (κ2) is 8.82. The van der Waals surface area contributed by atoms with E-state index in [0.717, 1.165) is 13.0 Å². The minimum Gasteiger partial charge on any atom is -0.492 e. The van der Waals surface area contributed by atoms with Gasteiger partial charge in [-0.3, -0.25) is 9.59 Å². The third-order valence-electron chi connectivity index (χ3n) is 4.25. The number of anilines is 1. The number of carbonyl (C=O) groups excluding carboxylic acids is 2. The van der Waals surface area contributed by atoms with E-state index in [1.165, 1.54) is 10.4 Å². The SMILES string of the molecule is NCCOc1ccc(NC(=O)CCC(=O)N2CCc3sccc3C2)cc1. The third kappa shape index (κ3) is 4.83. The number of nitrogens with two attached hydrogens (primary N) is 1. The van der Waals surface area contributed by atoms with Crippen LogP contribution in [0.2, 0.25) is 0 Å². The first-order chi connectivity index (χ1) is 12.7. The van der Waals surface area contributed by atoms with E-state index in [1.54, 1.807) is 35.6 Å². The Balaban J connectivity index is 1.43. The fourth-order valence-corrected chi connectivity index (χ4v) is 3.76. The molecule has 2 heterocycles. The highest BCUT2D eigenvalue weighted by Crippen LogP contribution is 2.24. The summed E-state index contributed by atoms with van der Waals surface area (Å²) >= 11 is 1.75. The first-order valence-corrected chi connectivity index (χ1v) is 9.59. The van der Waals surface area contributed by atoms with Crippen molar-refractivity contribution < 1.29 is 14.3 Å². The monoisotopic (exact) mass is 373 g/mol. The molecule has 7 heteroatoms. The molecule has 1 aliphatic heterocycles. The van der Waals surface area contributed by atoms with Crippen molar-refractivity contribution in [2.24, 2.45) is 5.73 Å². The number of hydrogen-bond donors (Lipinski definition) is 2. The number of amides is 2. The summed E-state index contributed by atoms with van der Waals surface area (Å²) in [6, 6.07) is 9.18. The predicted molar refractivity (Wildman–Crippen MR) is 102 cm³/mol. The fourth-order valence-electron chi connectivity index (χ4n) is 2.87. The molecule has 0 atom stereocenters. The lowest BCUT2D eigenvalue weighted by atomic mass is 10.1. The standard InChI is InChI=1S/C19H23N3O3S/c20-9-11-25-16-3-1-15(2-4-16)21-18(23)5-6-19(24)22-10-7-17-14(13-22)8-12-26-17/h1-4,8,12H,5-7,9-11,13,20H2,(H,21,23). The Morgan fingerprint density at radius 3 is 2.77 bits per heavy atom. The van der Waals surface area contributed by atoms with Crippen LogP contribution in [0, 0.1) is 0 Å². The van der Waals surface area contributed by atoms with E-state index in [4.69, 9.17) is 10.5 Å². The van der Waals surface area contributed by atoms with E-state index in [0.29, 0.717) is 31.1 Å². The van der Waals surface area contributed by atoms with Crippen LogP contribution in [-0.2, 0) is 22.6 Å². The van der Waals surface area contributed by atoms with Gasteiger partial charge in [-0.25, -0.2) is 0 Å². The summed E-state index contributed by atoms with van der Waals surface area (Å²) in [5.74, 6) is 0.575. The van der Waals surface area contributed by atoms with Gasteiger partial charge >= 0.3 is 0 Å². The number of thiophene rings is 1. The zero-order valence-corrected chi connectivity index (χ0v) is 15.4. The molecule has 1 aromatic heterocycles. The lowest BCUT2D eigenvalue weighted by Gasteiger charge is -2.27. The first-order valence-electron chi connectivity index (χ1n) is 8.71. The van der Waals surface area contributed by atoms with Gasteiger partial charge in [0.1, 0.15) is 12.4 Å². The van der Waals surface area contributed by atoms with Gasteiger partial charge in [0.15, 0.2) is 0 Å². The summed E-state index contributed by atoms with van der Waals surface area (Å²) in [7, 11) is 0. The van der Waals surface area contributed by atoms with Crippen LogP contribution < -0.4 is 15.8 Å². The van der Waals surface area contributed by atoms with Crippen molar-refractivity contribution in [2.45, 2.75) is 25.8 Å². The molecular formula is C19H23N3O3S. The molecule has 0 radical (unpaired) electrons. The van der Waals surface area contributed by atoms with Gasteiger partial charge in [0.05, 0.1) is 0 Å². The summed E-state index contributed by atoms with van der Waals surface area (Å²) in [6.07, 6.45) is 1.31. The van der Waals surface area contributed by atoms with Gasteiger partial charge in [-0.15, -0.1) is 11.3 Å². The quantitative estimate of drug-likeness (QED) is 0.780. The Kier molecular flexibility index (Phi) is 6.25. The lowest BCUT2D eigenvalue weighted by molar-refractivity contribution is -0.133. The Labute approximate surface area is 156 Å². The number of nitrogens with one attached hydrogen (secondary N) is 1. The van der Waals surface area contributed by atoms with E-state index >= 15 is 0 Å². The van der Waals surface area contributed by atoms with Crippen LogP contribution in [0.5, 0.6) is 5.75 Å². The average molecular weight is 373 g/mol. The molecule has 0 saturated carbocycles. The molecule has 3 rings (SSSR count). The van der Waals surface area contributed by atoms with Gasteiger partial charge in [0, 0.05) is 43.0 Å². The first kappa shape index (κ1) is 18.4. The van der Waals surface area contributed by atoms with E-state index < -0.39 is 0 Å². The van der Waals surface area contributed by atoms with Gasteiger partial charge in [0.25, 0.3) is 0 Å². The zero-order chi connectivity index (χ0) is 18.4. The number of carbonyl (C=O) groups is 2. The minimum absolute atomic E-state index is 0.0301. The molecule has 26 heavy (non-hydrogen) atoms. The summed E-state index contributed by atoms with van der Waals surface area (Å²) in [6.45, 7) is 2.30. The minimum atomic E-state index is -0.165. The van der Waals surface area contributed by atoms with Gasteiger partial charge in [-0.05, 0) is 47.7 Å². The van der Waals surface area contributed by atoms with Gasteiger partial charge in [-0.2, -0.15) is 0 Å². The molecule has 0 spiro atoms. The van der Waals surface area contributed by atoms with Crippen molar-refractivity contribution in [2.75, 3.05) is 25.0 Å². The zero-order valence-electron chi connectivity index (χ0n) is 14.6. The van der Waals surface area contributed by atoms with Crippen LogP contribution >= 0.6 is 11.3 Å². The number of fused-ring (bicyclic) bond motifs is 1. The molecule has 138 valence electrons. The molecule has 0 fully saturated rings. The van der Waals surface area contributed by atoms with E-state index in [1.807, 2.05) is 4.90 Å². The van der Waals surface area contributed by atoms with E-state index in [2.05, 4.69) is 16.8 Å². The van der Waals surface area contributed by atoms with Crippen LogP contribution in [-0.4, -0.2) is 36.4 Å². The van der Waals surface area contributed by atoms with Crippen LogP contribution in [0.25, 0.3) is 0 Å². The summed E-state index contributed by atoms with van der Waals surface area (Å²) in [5.41, 5.74) is 7.31. The van der Waals surface area contributed by atoms with Gasteiger partial charge in [-0.1, -0.05) is 0 Å². The highest BCUT2D eigenvalue weighted by Gasteiger charge is 2.21. The molecule has 2 amide bonds. The maximum Gasteiger partial charge on any atom is 0.224 e. The molecule has 0 saturated heterocycles. The fraction of sp³-hybridized carbons (Fsp3) is 0.368. The van der Waals surface area contributed by atoms with Crippen molar-refractivity contribution in [3.63, 3.8) is 0 Å². The third-order valence-corrected chi connectivity index (χ3v) is 5.27. The Bertz CT molecular complexity index is 758. The van der Waals surface area contributed by atoms with Crippen molar-refractivity contribution in [3.05, 3.63) is 46.2 Å². The molecule has 0 aliphatic carbocycles. The molecule has 1 aromatic carbocycles. The van der Waals surface area contributed by atoms with Crippen molar-refractivity contribution in [3.8, 4) is 5.75 Å². The molecule has 0 unspecified atom stereocenters. The summed E-state index contributed by atoms with van der Waals surface area (Å²) < 4.78 is 5.39. The highest BCUT2D eigenvalue weighted by atomic mass is 32.1. The molecule has 1 aliphatic rings. The number of rotatable bonds is 7. The summed E-state index contributed by atoms with van der Waals surface area (Å²) in [5, 5.41) is 4.87. The number of nitrogens with zero attached hydrogens (tertiary/aromatic N) is 1. The number of hydrogen-bond acceptors (Lipinski definition) is 5. The van der Waals surface area contributed by atoms with Crippen LogP contribution in [0.1, 0.15) is 23.3 Å². The van der Waals surface area contributed by atoms with Crippen LogP contribution in [0.15, 0.2) is 35.7 Å². The van der Waals surface area contributed by atoms with E-state index in [-0.39, 0.29) is 24.7 Å². The Hall–Kier alpha value is -2.38. The van der Waals surface area contributed by atoms with Crippen molar-refractivity contribution in [1.29, 1.82) is 0 Å². The highest BCUT2D eigenvalue weighted by molar-refractivity contribution is 7.10. The number of benzene rings is 1. The van der Waals surface area contributed by atoms with Crippen LogP contribution in [0.4, 0.5) is 5.69 Å². The van der Waals surface area contributed by atoms with E-state index in [9.17, 15) is 9.59 Å². The molecular weight excluding hydrogens is 350 g/mol. The molecule has 2 aromatic rings. The second-order valence-electron chi connectivity index (χ2n) is 6.14. The molecule has 6 nitrogen and oxygen atoms in total. The topological polar surface area (TPSA) is 84.7 Å². The maximum absolute atomic E-state index is 12.4. The van der Waals surface area contributed by atoms with Gasteiger partial charge in [0.2, 0.25) is 11.8 Å². The predicted octanol–water partition coefficient (Wildman–Crippen LogP) is 2.39.